The third kappa shape index (κ3) is 2.88. The summed E-state index contributed by atoms with van der Waals surface area (Å²) in [5, 5.41) is 19.7. The van der Waals surface area contributed by atoms with Crippen molar-refractivity contribution in [1.29, 1.82) is 0 Å². The first-order valence-electron chi connectivity index (χ1n) is 5.03. The van der Waals surface area contributed by atoms with Crippen LogP contribution in [0.1, 0.15) is 13.8 Å². The van der Waals surface area contributed by atoms with Crippen LogP contribution in [0.15, 0.2) is 18.2 Å². The highest BCUT2D eigenvalue weighted by atomic mass is 16.6. The van der Waals surface area contributed by atoms with Crippen molar-refractivity contribution in [2.75, 3.05) is 7.11 Å². The van der Waals surface area contributed by atoms with Gasteiger partial charge in [-0.1, -0.05) is 0 Å². The molecule has 0 radical (unpaired) electrons. The lowest BCUT2D eigenvalue weighted by Crippen LogP contribution is -2.38. The van der Waals surface area contributed by atoms with Gasteiger partial charge in [-0.3, -0.25) is 10.1 Å². The van der Waals surface area contributed by atoms with E-state index >= 15 is 0 Å². The Kier molecular flexibility index (Phi) is 3.75. The first-order chi connectivity index (χ1) is 8.27. The number of aliphatic carboxylic acids is 1. The minimum atomic E-state index is -1.57. The van der Waals surface area contributed by atoms with Crippen molar-refractivity contribution in [2.24, 2.45) is 0 Å². The third-order valence-corrected chi connectivity index (χ3v) is 2.24. The number of carbonyl (C=O) groups is 1. The van der Waals surface area contributed by atoms with Crippen LogP contribution in [-0.4, -0.2) is 28.7 Å². The Hall–Kier alpha value is -2.31. The minimum Gasteiger partial charge on any atom is -0.497 e. The Morgan fingerprint density at radius 1 is 1.44 bits per heavy atom. The third-order valence-electron chi connectivity index (χ3n) is 2.24. The monoisotopic (exact) mass is 255 g/mol. The van der Waals surface area contributed by atoms with Crippen molar-refractivity contribution >= 4 is 11.7 Å². The van der Waals surface area contributed by atoms with Gasteiger partial charge in [0.1, 0.15) is 5.75 Å². The molecule has 0 aliphatic heterocycles. The van der Waals surface area contributed by atoms with Gasteiger partial charge >= 0.3 is 11.7 Å². The fourth-order valence-corrected chi connectivity index (χ4v) is 1.17. The zero-order chi connectivity index (χ0) is 13.9. The van der Waals surface area contributed by atoms with Gasteiger partial charge in [-0.05, 0) is 19.9 Å². The Labute approximate surface area is 103 Å². The minimum absolute atomic E-state index is 0.147. The summed E-state index contributed by atoms with van der Waals surface area (Å²) in [6, 6.07) is 3.88. The van der Waals surface area contributed by atoms with Crippen LogP contribution >= 0.6 is 0 Å². The number of ether oxygens (including phenoxy) is 2. The Morgan fingerprint density at radius 2 is 2.06 bits per heavy atom. The molecule has 0 atom stereocenters. The summed E-state index contributed by atoms with van der Waals surface area (Å²) in [5.41, 5.74) is -1.89. The van der Waals surface area contributed by atoms with E-state index in [4.69, 9.17) is 14.6 Å². The predicted octanol–water partition coefficient (Wildman–Crippen LogP) is 1.85. The molecule has 1 aromatic carbocycles. The van der Waals surface area contributed by atoms with Crippen LogP contribution in [0.2, 0.25) is 0 Å². The Balaban J connectivity index is 3.20. The van der Waals surface area contributed by atoms with Crippen LogP contribution < -0.4 is 9.47 Å². The van der Waals surface area contributed by atoms with Crippen LogP contribution in [0.3, 0.4) is 0 Å². The second-order valence-electron chi connectivity index (χ2n) is 4.01. The molecule has 1 aromatic rings. The van der Waals surface area contributed by atoms with Gasteiger partial charge in [0.05, 0.1) is 12.0 Å². The van der Waals surface area contributed by atoms with E-state index in [0.29, 0.717) is 5.75 Å². The van der Waals surface area contributed by atoms with E-state index in [1.807, 2.05) is 0 Å². The molecular formula is C11H13NO6. The van der Waals surface area contributed by atoms with Gasteiger partial charge in [-0.25, -0.2) is 4.79 Å². The van der Waals surface area contributed by atoms with Gasteiger partial charge in [0, 0.05) is 12.1 Å². The predicted molar refractivity (Wildman–Crippen MR) is 62.0 cm³/mol. The van der Waals surface area contributed by atoms with Crippen LogP contribution in [0.25, 0.3) is 0 Å². The number of nitrogens with zero attached hydrogens (tertiary/aromatic N) is 1. The number of hydrogen-bond donors (Lipinski definition) is 1. The van der Waals surface area contributed by atoms with E-state index in [2.05, 4.69) is 0 Å². The lowest BCUT2D eigenvalue weighted by atomic mass is 10.1. The second-order valence-corrected chi connectivity index (χ2v) is 4.01. The number of carboxylic acids is 1. The summed E-state index contributed by atoms with van der Waals surface area (Å²) in [6.07, 6.45) is 0. The molecule has 0 unspecified atom stereocenters. The molecule has 0 aliphatic carbocycles. The molecule has 0 spiro atoms. The van der Waals surface area contributed by atoms with Gasteiger partial charge in [0.2, 0.25) is 5.75 Å². The largest absolute Gasteiger partial charge is 0.497 e. The Morgan fingerprint density at radius 3 is 2.50 bits per heavy atom. The van der Waals surface area contributed by atoms with E-state index in [0.717, 1.165) is 0 Å². The first kappa shape index (κ1) is 13.8. The molecule has 0 saturated carbocycles. The number of carboxylic acid groups (broad SMARTS) is 1. The summed E-state index contributed by atoms with van der Waals surface area (Å²) in [5.74, 6) is -1.02. The van der Waals surface area contributed by atoms with Crippen molar-refractivity contribution < 1.29 is 24.3 Å². The van der Waals surface area contributed by atoms with Crippen molar-refractivity contribution in [1.82, 2.24) is 0 Å². The molecular weight excluding hydrogens is 242 g/mol. The van der Waals surface area contributed by atoms with E-state index in [9.17, 15) is 14.9 Å². The average Bonchev–Trinajstić information content (AvgIpc) is 2.27. The normalized spacial score (nSPS) is 10.8. The van der Waals surface area contributed by atoms with Crippen molar-refractivity contribution in [3.8, 4) is 11.5 Å². The smallest absolute Gasteiger partial charge is 0.347 e. The summed E-state index contributed by atoms with van der Waals surface area (Å²) in [4.78, 5) is 21.1. The highest BCUT2D eigenvalue weighted by molar-refractivity contribution is 5.77. The zero-order valence-corrected chi connectivity index (χ0v) is 10.2. The number of methoxy groups -OCH3 is 1. The van der Waals surface area contributed by atoms with Gasteiger partial charge in [-0.2, -0.15) is 0 Å². The summed E-state index contributed by atoms with van der Waals surface area (Å²) < 4.78 is 10.1. The molecule has 7 heteroatoms. The maximum Gasteiger partial charge on any atom is 0.347 e. The topological polar surface area (TPSA) is 98.9 Å². The Bertz CT molecular complexity index is 482. The molecule has 0 heterocycles. The molecule has 0 fully saturated rings. The van der Waals surface area contributed by atoms with E-state index in [1.165, 1.54) is 39.2 Å². The van der Waals surface area contributed by atoms with Crippen molar-refractivity contribution in [3.63, 3.8) is 0 Å². The molecule has 0 aliphatic rings. The van der Waals surface area contributed by atoms with Crippen LogP contribution in [0.5, 0.6) is 11.5 Å². The van der Waals surface area contributed by atoms with Gasteiger partial charge in [0.25, 0.3) is 0 Å². The maximum atomic E-state index is 10.9. The average molecular weight is 255 g/mol. The van der Waals surface area contributed by atoms with Gasteiger partial charge in [0.15, 0.2) is 5.60 Å². The van der Waals surface area contributed by atoms with Crippen LogP contribution in [0, 0.1) is 10.1 Å². The SMILES string of the molecule is COc1ccc([N+](=O)[O-])c(OC(C)(C)C(=O)O)c1. The molecule has 7 nitrogen and oxygen atoms in total. The summed E-state index contributed by atoms with van der Waals surface area (Å²) >= 11 is 0. The number of benzene rings is 1. The van der Waals surface area contributed by atoms with E-state index in [-0.39, 0.29) is 11.4 Å². The van der Waals surface area contributed by atoms with E-state index in [1.54, 1.807) is 0 Å². The molecule has 98 valence electrons. The molecule has 0 aromatic heterocycles. The molecule has 0 bridgehead atoms. The number of nitro groups is 1. The number of hydrogen-bond acceptors (Lipinski definition) is 5. The summed E-state index contributed by atoms with van der Waals surface area (Å²) in [6.45, 7) is 2.61. The number of nitro benzene ring substituents is 1. The van der Waals surface area contributed by atoms with Crippen molar-refractivity contribution in [3.05, 3.63) is 28.3 Å². The molecule has 18 heavy (non-hydrogen) atoms. The fourth-order valence-electron chi connectivity index (χ4n) is 1.17. The maximum absolute atomic E-state index is 10.9. The number of rotatable bonds is 5. The molecule has 1 N–H and O–H groups in total. The van der Waals surface area contributed by atoms with E-state index < -0.39 is 16.5 Å². The highest BCUT2D eigenvalue weighted by Gasteiger charge is 2.32. The van der Waals surface area contributed by atoms with Crippen LogP contribution in [-0.2, 0) is 4.79 Å². The lowest BCUT2D eigenvalue weighted by molar-refractivity contribution is -0.386. The fraction of sp³-hybridized carbons (Fsp3) is 0.364. The molecule has 0 saturated heterocycles. The van der Waals surface area contributed by atoms with Crippen LogP contribution in [0.4, 0.5) is 5.69 Å². The standard InChI is InChI=1S/C11H13NO6/c1-11(2,10(13)14)18-9-6-7(17-3)4-5-8(9)12(15)16/h4-6H,1-3H3,(H,13,14). The van der Waals surface area contributed by atoms with Gasteiger partial charge in [-0.15, -0.1) is 0 Å². The van der Waals surface area contributed by atoms with Gasteiger partial charge < -0.3 is 14.6 Å². The zero-order valence-electron chi connectivity index (χ0n) is 10.2. The first-order valence-corrected chi connectivity index (χ1v) is 5.03. The molecule has 0 amide bonds. The van der Waals surface area contributed by atoms with Crippen molar-refractivity contribution in [2.45, 2.75) is 19.4 Å². The quantitative estimate of drug-likeness (QED) is 0.636. The highest BCUT2D eigenvalue weighted by Crippen LogP contribution is 2.33. The second kappa shape index (κ2) is 4.91. The molecule has 1 rings (SSSR count). The lowest BCUT2D eigenvalue weighted by Gasteiger charge is -2.21. The summed E-state index contributed by atoms with van der Waals surface area (Å²) in [7, 11) is 1.40.